The van der Waals surface area contributed by atoms with Gasteiger partial charge < -0.3 is 25.0 Å². The predicted octanol–water partition coefficient (Wildman–Crippen LogP) is 3.52. The molecule has 0 bridgehead atoms. The molecule has 2 aromatic carbocycles. The van der Waals surface area contributed by atoms with Crippen molar-refractivity contribution in [1.29, 1.82) is 0 Å². The topological polar surface area (TPSA) is 79.9 Å². The lowest BCUT2D eigenvalue weighted by molar-refractivity contribution is -0.133. The largest absolute Gasteiger partial charge is 0.489 e. The Kier molecular flexibility index (Phi) is 8.72. The average molecular weight is 454 g/mol. The van der Waals surface area contributed by atoms with Crippen LogP contribution in [0.2, 0.25) is 0 Å². The van der Waals surface area contributed by atoms with E-state index in [4.69, 9.17) is 9.47 Å². The molecule has 2 N–H and O–H groups in total. The van der Waals surface area contributed by atoms with Crippen molar-refractivity contribution < 1.29 is 19.1 Å². The molecule has 2 aromatic rings. The zero-order chi connectivity index (χ0) is 23.7. The zero-order valence-electron chi connectivity index (χ0n) is 19.8. The third kappa shape index (κ3) is 8.42. The Balaban J connectivity index is 1.66. The Morgan fingerprint density at radius 3 is 2.42 bits per heavy atom. The lowest BCUT2D eigenvalue weighted by Gasteiger charge is -2.28. The second-order valence-corrected chi connectivity index (χ2v) is 9.25. The Morgan fingerprint density at radius 1 is 1.00 bits per heavy atom. The number of rotatable bonds is 7. The summed E-state index contributed by atoms with van der Waals surface area (Å²) in [6.45, 7) is 8.83. The summed E-state index contributed by atoms with van der Waals surface area (Å²) < 4.78 is 11.3. The summed E-state index contributed by atoms with van der Waals surface area (Å²) in [4.78, 5) is 27.6. The molecule has 0 aromatic heterocycles. The molecule has 1 aliphatic rings. The van der Waals surface area contributed by atoms with Crippen LogP contribution in [0.25, 0.3) is 0 Å². The van der Waals surface area contributed by atoms with E-state index in [0.29, 0.717) is 26.1 Å². The number of carbonyl (C=O) groups is 2. The molecule has 178 valence electrons. The van der Waals surface area contributed by atoms with Crippen LogP contribution in [-0.2, 0) is 22.6 Å². The average Bonchev–Trinajstić information content (AvgIpc) is 3.07. The van der Waals surface area contributed by atoms with Crippen LogP contribution < -0.4 is 15.4 Å². The highest BCUT2D eigenvalue weighted by atomic mass is 16.6. The fraction of sp³-hybridized carbons (Fsp3) is 0.462. The van der Waals surface area contributed by atoms with Gasteiger partial charge in [0.2, 0.25) is 5.91 Å². The fourth-order valence-electron chi connectivity index (χ4n) is 3.63. The van der Waals surface area contributed by atoms with Crippen LogP contribution in [0, 0.1) is 0 Å². The van der Waals surface area contributed by atoms with Crippen LogP contribution in [-0.4, -0.2) is 54.7 Å². The van der Waals surface area contributed by atoms with Crippen molar-refractivity contribution in [3.05, 3.63) is 65.7 Å². The van der Waals surface area contributed by atoms with E-state index in [1.807, 2.05) is 59.5 Å². The molecule has 1 saturated heterocycles. The molecule has 33 heavy (non-hydrogen) atoms. The van der Waals surface area contributed by atoms with E-state index in [9.17, 15) is 9.59 Å². The van der Waals surface area contributed by atoms with E-state index in [1.165, 1.54) is 0 Å². The lowest BCUT2D eigenvalue weighted by Crippen LogP contribution is -2.51. The van der Waals surface area contributed by atoms with Crippen LogP contribution in [0.1, 0.15) is 38.3 Å². The van der Waals surface area contributed by atoms with Crippen molar-refractivity contribution in [2.75, 3.05) is 26.2 Å². The van der Waals surface area contributed by atoms with Crippen molar-refractivity contribution in [2.45, 2.75) is 51.9 Å². The summed E-state index contributed by atoms with van der Waals surface area (Å²) in [5.41, 5.74) is 1.40. The molecular formula is C26H35N3O4. The van der Waals surface area contributed by atoms with E-state index >= 15 is 0 Å². The van der Waals surface area contributed by atoms with E-state index in [1.54, 1.807) is 20.8 Å². The summed E-state index contributed by atoms with van der Waals surface area (Å²) >= 11 is 0. The van der Waals surface area contributed by atoms with Crippen LogP contribution in [0.4, 0.5) is 4.79 Å². The van der Waals surface area contributed by atoms with Gasteiger partial charge in [-0.25, -0.2) is 4.79 Å². The van der Waals surface area contributed by atoms with Gasteiger partial charge in [0.1, 0.15) is 24.0 Å². The SMILES string of the molecule is CC(C)(C)OC(=O)NC(Cc1ccc(OCc2ccccc2)cc1)C(=O)N1CCCNCC1. The summed E-state index contributed by atoms with van der Waals surface area (Å²) in [6, 6.07) is 16.9. The molecule has 1 heterocycles. The number of nitrogens with one attached hydrogen (secondary N) is 2. The van der Waals surface area contributed by atoms with E-state index < -0.39 is 17.7 Å². The van der Waals surface area contributed by atoms with Crippen molar-refractivity contribution >= 4 is 12.0 Å². The zero-order valence-corrected chi connectivity index (χ0v) is 19.8. The van der Waals surface area contributed by atoms with Gasteiger partial charge in [-0.1, -0.05) is 42.5 Å². The quantitative estimate of drug-likeness (QED) is 0.671. The Labute approximate surface area is 196 Å². The van der Waals surface area contributed by atoms with Gasteiger partial charge in [0.25, 0.3) is 0 Å². The molecule has 0 aliphatic carbocycles. The molecule has 2 amide bonds. The molecule has 0 spiro atoms. The minimum absolute atomic E-state index is 0.0889. The highest BCUT2D eigenvalue weighted by Crippen LogP contribution is 2.17. The van der Waals surface area contributed by atoms with Crippen LogP contribution >= 0.6 is 0 Å². The number of hydrogen-bond acceptors (Lipinski definition) is 5. The Bertz CT molecular complexity index is 886. The second kappa shape index (κ2) is 11.7. The van der Waals surface area contributed by atoms with Crippen molar-refractivity contribution in [2.24, 2.45) is 0 Å². The fourth-order valence-corrected chi connectivity index (χ4v) is 3.63. The highest BCUT2D eigenvalue weighted by Gasteiger charge is 2.28. The van der Waals surface area contributed by atoms with Crippen molar-refractivity contribution in [1.82, 2.24) is 15.5 Å². The van der Waals surface area contributed by atoms with Gasteiger partial charge in [0.15, 0.2) is 0 Å². The molecule has 7 heteroatoms. The maximum absolute atomic E-state index is 13.3. The molecule has 0 radical (unpaired) electrons. The first-order chi connectivity index (χ1) is 15.8. The first-order valence-electron chi connectivity index (χ1n) is 11.5. The minimum Gasteiger partial charge on any atom is -0.489 e. The van der Waals surface area contributed by atoms with Gasteiger partial charge in [0.05, 0.1) is 0 Å². The molecular weight excluding hydrogens is 418 g/mol. The molecule has 7 nitrogen and oxygen atoms in total. The van der Waals surface area contributed by atoms with Crippen LogP contribution in [0.3, 0.4) is 0 Å². The minimum atomic E-state index is -0.700. The third-order valence-corrected chi connectivity index (χ3v) is 5.25. The monoisotopic (exact) mass is 453 g/mol. The third-order valence-electron chi connectivity index (χ3n) is 5.25. The van der Waals surface area contributed by atoms with Gasteiger partial charge >= 0.3 is 6.09 Å². The van der Waals surface area contributed by atoms with Gasteiger partial charge in [-0.3, -0.25) is 4.79 Å². The van der Waals surface area contributed by atoms with Crippen LogP contribution in [0.5, 0.6) is 5.75 Å². The number of alkyl carbamates (subject to hydrolysis) is 1. The normalized spacial score (nSPS) is 15.3. The molecule has 1 fully saturated rings. The van der Waals surface area contributed by atoms with E-state index in [0.717, 1.165) is 36.4 Å². The first kappa shape index (κ1) is 24.6. The number of nitrogens with zero attached hydrogens (tertiary/aromatic N) is 1. The second-order valence-electron chi connectivity index (χ2n) is 9.25. The van der Waals surface area contributed by atoms with Gasteiger partial charge in [-0.2, -0.15) is 0 Å². The maximum Gasteiger partial charge on any atom is 0.408 e. The smallest absolute Gasteiger partial charge is 0.408 e. The van der Waals surface area contributed by atoms with Crippen molar-refractivity contribution in [3.63, 3.8) is 0 Å². The number of carbonyl (C=O) groups excluding carboxylic acids is 2. The summed E-state index contributed by atoms with van der Waals surface area (Å²) in [5, 5.41) is 6.10. The molecule has 1 unspecified atom stereocenters. The molecule has 1 atom stereocenters. The van der Waals surface area contributed by atoms with E-state index in [2.05, 4.69) is 10.6 Å². The number of hydrogen-bond donors (Lipinski definition) is 2. The summed E-state index contributed by atoms with van der Waals surface area (Å²) in [6.07, 6.45) is 0.677. The summed E-state index contributed by atoms with van der Waals surface area (Å²) in [7, 11) is 0. The molecule has 0 saturated carbocycles. The molecule has 1 aliphatic heterocycles. The van der Waals surface area contributed by atoms with E-state index in [-0.39, 0.29) is 5.91 Å². The lowest BCUT2D eigenvalue weighted by atomic mass is 10.0. The number of benzene rings is 2. The standard InChI is InChI=1S/C26H35N3O4/c1-26(2,3)33-25(31)28-23(24(30)29-16-7-14-27-15-17-29)18-20-10-12-22(13-11-20)32-19-21-8-5-4-6-9-21/h4-6,8-13,23,27H,7,14-19H2,1-3H3,(H,28,31). The first-order valence-corrected chi connectivity index (χ1v) is 11.5. The van der Waals surface area contributed by atoms with Gasteiger partial charge in [-0.15, -0.1) is 0 Å². The Morgan fingerprint density at radius 2 is 1.73 bits per heavy atom. The predicted molar refractivity (Wildman–Crippen MR) is 128 cm³/mol. The van der Waals surface area contributed by atoms with Gasteiger partial charge in [-0.05, 0) is 57.0 Å². The molecule has 3 rings (SSSR count). The van der Waals surface area contributed by atoms with Crippen LogP contribution in [0.15, 0.2) is 54.6 Å². The number of amides is 2. The highest BCUT2D eigenvalue weighted by molar-refractivity contribution is 5.86. The van der Waals surface area contributed by atoms with Crippen molar-refractivity contribution in [3.8, 4) is 5.75 Å². The Hall–Kier alpha value is -3.06. The number of ether oxygens (including phenoxy) is 2. The summed E-state index contributed by atoms with van der Waals surface area (Å²) in [5.74, 6) is 0.665. The maximum atomic E-state index is 13.3. The van der Waals surface area contributed by atoms with Gasteiger partial charge in [0, 0.05) is 26.1 Å².